The van der Waals surface area contributed by atoms with Gasteiger partial charge in [0.05, 0.1) is 5.69 Å². The van der Waals surface area contributed by atoms with Crippen LogP contribution in [0, 0.1) is 6.92 Å². The molecule has 1 aromatic heterocycles. The van der Waals surface area contributed by atoms with Gasteiger partial charge < -0.3 is 5.32 Å². The first kappa shape index (κ1) is 13.5. The van der Waals surface area contributed by atoms with E-state index in [0.29, 0.717) is 12.1 Å². The zero-order chi connectivity index (χ0) is 13.0. The fraction of sp³-hybridized carbons (Fsp3) is 0.667. The minimum atomic E-state index is 0.657. The summed E-state index contributed by atoms with van der Waals surface area (Å²) in [6, 6.07) is 7.60. The van der Waals surface area contributed by atoms with Crippen molar-refractivity contribution in [1.29, 1.82) is 0 Å². The Morgan fingerprint density at radius 1 is 1.39 bits per heavy atom. The molecule has 0 bridgehead atoms. The zero-order valence-electron chi connectivity index (χ0n) is 11.8. The van der Waals surface area contributed by atoms with Gasteiger partial charge >= 0.3 is 0 Å². The standard InChI is InChI=1S/C15H25N3/c1-4-16-14-9-6-10-15(14)18(3)11-13-8-5-7-12(2)17-13/h5,7-8,14-16H,4,6,9-11H2,1-3H3. The topological polar surface area (TPSA) is 28.2 Å². The molecule has 1 saturated carbocycles. The van der Waals surface area contributed by atoms with E-state index in [0.717, 1.165) is 18.8 Å². The van der Waals surface area contributed by atoms with E-state index in [1.54, 1.807) is 0 Å². The van der Waals surface area contributed by atoms with Crippen LogP contribution in [-0.4, -0.2) is 35.6 Å². The molecule has 3 nitrogen and oxygen atoms in total. The highest BCUT2D eigenvalue weighted by molar-refractivity contribution is 5.10. The van der Waals surface area contributed by atoms with Gasteiger partial charge in [0.2, 0.25) is 0 Å². The van der Waals surface area contributed by atoms with Crippen molar-refractivity contribution in [3.05, 3.63) is 29.6 Å². The van der Waals surface area contributed by atoms with Crippen molar-refractivity contribution in [3.8, 4) is 0 Å². The minimum absolute atomic E-state index is 0.657. The largest absolute Gasteiger partial charge is 0.313 e. The first-order chi connectivity index (χ1) is 8.70. The van der Waals surface area contributed by atoms with E-state index in [1.165, 1.54) is 25.0 Å². The summed E-state index contributed by atoms with van der Waals surface area (Å²) in [5.41, 5.74) is 2.29. The second-order valence-corrected chi connectivity index (χ2v) is 5.35. The van der Waals surface area contributed by atoms with Crippen molar-refractivity contribution in [2.24, 2.45) is 0 Å². The lowest BCUT2D eigenvalue weighted by Gasteiger charge is -2.29. The number of hydrogen-bond acceptors (Lipinski definition) is 3. The van der Waals surface area contributed by atoms with Crippen LogP contribution in [0.4, 0.5) is 0 Å². The number of rotatable bonds is 5. The van der Waals surface area contributed by atoms with Gasteiger partial charge in [-0.1, -0.05) is 19.4 Å². The molecule has 18 heavy (non-hydrogen) atoms. The van der Waals surface area contributed by atoms with E-state index in [-0.39, 0.29) is 0 Å². The molecule has 0 amide bonds. The van der Waals surface area contributed by atoms with E-state index < -0.39 is 0 Å². The molecule has 1 N–H and O–H groups in total. The third kappa shape index (κ3) is 3.30. The molecule has 1 aliphatic carbocycles. The Morgan fingerprint density at radius 2 is 2.22 bits per heavy atom. The van der Waals surface area contributed by atoms with Gasteiger partial charge in [0.25, 0.3) is 0 Å². The van der Waals surface area contributed by atoms with Crippen molar-refractivity contribution >= 4 is 0 Å². The maximum atomic E-state index is 4.59. The van der Waals surface area contributed by atoms with Crippen LogP contribution in [0.15, 0.2) is 18.2 Å². The SMILES string of the molecule is CCNC1CCCC1N(C)Cc1cccc(C)n1. The normalized spacial score (nSPS) is 23.8. The van der Waals surface area contributed by atoms with Gasteiger partial charge in [0.1, 0.15) is 0 Å². The van der Waals surface area contributed by atoms with Gasteiger partial charge in [0, 0.05) is 24.3 Å². The van der Waals surface area contributed by atoms with Gasteiger partial charge in [-0.2, -0.15) is 0 Å². The molecule has 100 valence electrons. The third-order valence-electron chi connectivity index (χ3n) is 3.87. The highest BCUT2D eigenvalue weighted by atomic mass is 15.2. The molecule has 3 heteroatoms. The van der Waals surface area contributed by atoms with Crippen LogP contribution in [0.5, 0.6) is 0 Å². The molecule has 2 atom stereocenters. The number of aryl methyl sites for hydroxylation is 1. The summed E-state index contributed by atoms with van der Waals surface area (Å²) >= 11 is 0. The van der Waals surface area contributed by atoms with Crippen molar-refractivity contribution in [3.63, 3.8) is 0 Å². The molecule has 1 aliphatic rings. The first-order valence-corrected chi connectivity index (χ1v) is 7.07. The van der Waals surface area contributed by atoms with Crippen LogP contribution >= 0.6 is 0 Å². The third-order valence-corrected chi connectivity index (χ3v) is 3.87. The lowest BCUT2D eigenvalue weighted by molar-refractivity contribution is 0.203. The maximum absolute atomic E-state index is 4.59. The average Bonchev–Trinajstić information content (AvgIpc) is 2.78. The van der Waals surface area contributed by atoms with Crippen molar-refractivity contribution in [2.45, 2.75) is 51.7 Å². The van der Waals surface area contributed by atoms with E-state index in [4.69, 9.17) is 0 Å². The smallest absolute Gasteiger partial charge is 0.0547 e. The first-order valence-electron chi connectivity index (χ1n) is 7.07. The highest BCUT2D eigenvalue weighted by Crippen LogP contribution is 2.24. The van der Waals surface area contributed by atoms with Crippen molar-refractivity contribution < 1.29 is 0 Å². The highest BCUT2D eigenvalue weighted by Gasteiger charge is 2.29. The molecule has 1 fully saturated rings. The molecule has 0 aromatic carbocycles. The number of nitrogens with zero attached hydrogens (tertiary/aromatic N) is 2. The minimum Gasteiger partial charge on any atom is -0.313 e. The number of hydrogen-bond donors (Lipinski definition) is 1. The molecular formula is C15H25N3. The molecule has 0 spiro atoms. The number of aromatic nitrogens is 1. The summed E-state index contributed by atoms with van der Waals surface area (Å²) in [6.07, 6.45) is 3.96. The van der Waals surface area contributed by atoms with Crippen LogP contribution in [-0.2, 0) is 6.54 Å². The van der Waals surface area contributed by atoms with Gasteiger partial charge in [-0.15, -0.1) is 0 Å². The molecule has 2 unspecified atom stereocenters. The zero-order valence-corrected chi connectivity index (χ0v) is 11.8. The molecule has 0 saturated heterocycles. The average molecular weight is 247 g/mol. The van der Waals surface area contributed by atoms with Gasteiger partial charge in [-0.05, 0) is 45.5 Å². The molecule has 0 radical (unpaired) electrons. The van der Waals surface area contributed by atoms with E-state index in [9.17, 15) is 0 Å². The summed E-state index contributed by atoms with van der Waals surface area (Å²) < 4.78 is 0. The summed E-state index contributed by atoms with van der Waals surface area (Å²) in [5, 5.41) is 3.61. The molecule has 1 aromatic rings. The van der Waals surface area contributed by atoms with E-state index >= 15 is 0 Å². The summed E-state index contributed by atoms with van der Waals surface area (Å²) in [6.45, 7) is 6.27. The van der Waals surface area contributed by atoms with Crippen LogP contribution in [0.3, 0.4) is 0 Å². The van der Waals surface area contributed by atoms with E-state index in [2.05, 4.69) is 54.3 Å². The lowest BCUT2D eigenvalue weighted by atomic mass is 10.1. The Kier molecular flexibility index (Phi) is 4.72. The number of nitrogens with one attached hydrogen (secondary N) is 1. The molecule has 1 heterocycles. The summed E-state index contributed by atoms with van der Waals surface area (Å²) in [7, 11) is 2.23. The summed E-state index contributed by atoms with van der Waals surface area (Å²) in [5.74, 6) is 0. The Labute approximate surface area is 111 Å². The van der Waals surface area contributed by atoms with Crippen molar-refractivity contribution in [2.75, 3.05) is 13.6 Å². The predicted octanol–water partition coefficient (Wildman–Crippen LogP) is 2.35. The van der Waals surface area contributed by atoms with Crippen LogP contribution in [0.25, 0.3) is 0 Å². The fourth-order valence-electron chi connectivity index (χ4n) is 3.03. The Bertz CT molecular complexity index is 378. The van der Waals surface area contributed by atoms with Gasteiger partial charge in [-0.3, -0.25) is 9.88 Å². The maximum Gasteiger partial charge on any atom is 0.0547 e. The quantitative estimate of drug-likeness (QED) is 0.865. The molecule has 0 aliphatic heterocycles. The molecule has 2 rings (SSSR count). The predicted molar refractivity (Wildman–Crippen MR) is 75.5 cm³/mol. The summed E-state index contributed by atoms with van der Waals surface area (Å²) in [4.78, 5) is 7.05. The second-order valence-electron chi connectivity index (χ2n) is 5.35. The Hall–Kier alpha value is -0.930. The monoisotopic (exact) mass is 247 g/mol. The Balaban J connectivity index is 1.96. The fourth-order valence-corrected chi connectivity index (χ4v) is 3.03. The number of likely N-dealkylation sites (N-methyl/N-ethyl adjacent to an activating group) is 2. The van der Waals surface area contributed by atoms with Crippen molar-refractivity contribution in [1.82, 2.24) is 15.2 Å². The lowest BCUT2D eigenvalue weighted by Crippen LogP contribution is -2.44. The van der Waals surface area contributed by atoms with Crippen LogP contribution in [0.1, 0.15) is 37.6 Å². The van der Waals surface area contributed by atoms with Crippen LogP contribution in [0.2, 0.25) is 0 Å². The Morgan fingerprint density at radius 3 is 2.94 bits per heavy atom. The second kappa shape index (κ2) is 6.30. The number of pyridine rings is 1. The van der Waals surface area contributed by atoms with Crippen LogP contribution < -0.4 is 5.32 Å². The molecular weight excluding hydrogens is 222 g/mol. The van der Waals surface area contributed by atoms with E-state index in [1.807, 2.05) is 0 Å². The van der Waals surface area contributed by atoms with Gasteiger partial charge in [-0.25, -0.2) is 0 Å². The van der Waals surface area contributed by atoms with Gasteiger partial charge in [0.15, 0.2) is 0 Å².